The summed E-state index contributed by atoms with van der Waals surface area (Å²) in [5.41, 5.74) is 2.11. The Morgan fingerprint density at radius 1 is 1.13 bits per heavy atom. The van der Waals surface area contributed by atoms with Gasteiger partial charge in [-0.3, -0.25) is 9.89 Å². The molecule has 2 aromatic heterocycles. The Kier molecular flexibility index (Phi) is 8.50. The van der Waals surface area contributed by atoms with E-state index in [-0.39, 0.29) is 36.8 Å². The van der Waals surface area contributed by atoms with Gasteiger partial charge in [-0.1, -0.05) is 12.1 Å². The minimum atomic E-state index is -2.91. The summed E-state index contributed by atoms with van der Waals surface area (Å²) in [5, 5.41) is 16.0. The molecule has 1 aliphatic rings. The van der Waals surface area contributed by atoms with E-state index >= 15 is 4.39 Å². The lowest BCUT2D eigenvalue weighted by atomic mass is 10.1. The van der Waals surface area contributed by atoms with E-state index in [1.165, 1.54) is 25.2 Å². The smallest absolute Gasteiger partial charge is 0.287 e. The van der Waals surface area contributed by atoms with Crippen LogP contribution >= 0.6 is 0 Å². The molecule has 0 saturated heterocycles. The number of halogens is 2. The highest BCUT2D eigenvalue weighted by atomic mass is 32.2. The first-order valence-corrected chi connectivity index (χ1v) is 13.9. The third kappa shape index (κ3) is 6.90. The number of hydrogen-bond acceptors (Lipinski definition) is 7. The molecule has 2 atom stereocenters. The number of benzene rings is 1. The average Bonchev–Trinajstić information content (AvgIpc) is 3.63. The van der Waals surface area contributed by atoms with Gasteiger partial charge in [-0.05, 0) is 57.4 Å². The molecule has 1 amide bonds. The van der Waals surface area contributed by atoms with Crippen molar-refractivity contribution in [3.05, 3.63) is 64.9 Å². The first-order chi connectivity index (χ1) is 18.5. The second-order valence-electron chi connectivity index (χ2n) is 10.3. The Balaban J connectivity index is 1.57. The monoisotopic (exact) mass is 562 g/mol. The summed E-state index contributed by atoms with van der Waals surface area (Å²) in [6.07, 6.45) is 2.18. The Morgan fingerprint density at radius 2 is 1.82 bits per heavy atom. The highest BCUT2D eigenvalue weighted by Crippen LogP contribution is 2.39. The van der Waals surface area contributed by atoms with Crippen LogP contribution in [0.25, 0.3) is 0 Å². The van der Waals surface area contributed by atoms with Crippen LogP contribution in [0.15, 0.2) is 36.4 Å². The van der Waals surface area contributed by atoms with Gasteiger partial charge in [0.2, 0.25) is 0 Å². The Hall–Kier alpha value is -3.58. The fourth-order valence-corrected chi connectivity index (χ4v) is 4.63. The molecule has 2 heterocycles. The number of aromatic nitrogens is 3. The lowest BCUT2D eigenvalue weighted by Gasteiger charge is -2.30. The molecule has 10 nitrogen and oxygen atoms in total. The van der Waals surface area contributed by atoms with Crippen LogP contribution in [0.5, 0.6) is 0 Å². The van der Waals surface area contributed by atoms with E-state index in [1.54, 1.807) is 26.0 Å². The van der Waals surface area contributed by atoms with Crippen LogP contribution in [-0.2, 0) is 22.2 Å². The Labute approximate surface area is 227 Å². The molecule has 1 saturated carbocycles. The lowest BCUT2D eigenvalue weighted by molar-refractivity contribution is -0.795. The predicted molar refractivity (Wildman–Crippen MR) is 145 cm³/mol. The molecule has 0 bridgehead atoms. The number of likely N-dealkylation sites (N-methyl/N-ethyl adjacent to an activating group) is 1. The van der Waals surface area contributed by atoms with Gasteiger partial charge in [-0.25, -0.2) is 17.7 Å². The highest BCUT2D eigenvalue weighted by molar-refractivity contribution is 7.66. The first kappa shape index (κ1) is 28.4. The summed E-state index contributed by atoms with van der Waals surface area (Å²) in [6, 6.07) is 8.38. The summed E-state index contributed by atoms with van der Waals surface area (Å²) in [4.78, 5) is 17.1. The normalized spacial score (nSPS) is 15.7. The number of thiol groups is 1. The highest BCUT2D eigenvalue weighted by Gasteiger charge is 2.32. The fraction of sp³-hybridized carbons (Fsp3) is 0.423. The number of rotatable bonds is 12. The van der Waals surface area contributed by atoms with Crippen LogP contribution in [0.4, 0.5) is 26.2 Å². The van der Waals surface area contributed by atoms with Gasteiger partial charge < -0.3 is 16.0 Å². The molecule has 210 valence electrons. The minimum absolute atomic E-state index is 0.0554. The van der Waals surface area contributed by atoms with Crippen molar-refractivity contribution in [3.8, 4) is 0 Å². The van der Waals surface area contributed by atoms with Crippen molar-refractivity contribution >= 4 is 34.3 Å². The van der Waals surface area contributed by atoms with Crippen molar-refractivity contribution in [1.82, 2.24) is 20.5 Å². The van der Waals surface area contributed by atoms with E-state index in [2.05, 4.69) is 31.1 Å². The molecule has 3 aromatic rings. The zero-order valence-electron chi connectivity index (χ0n) is 22.3. The lowest BCUT2D eigenvalue weighted by Crippen LogP contribution is -2.53. The zero-order valence-corrected chi connectivity index (χ0v) is 23.2. The molecular formula is C26H34F2N7O3S+. The van der Waals surface area contributed by atoms with E-state index in [4.69, 9.17) is 0 Å². The molecule has 1 aliphatic carbocycles. The van der Waals surface area contributed by atoms with Crippen LogP contribution < -0.4 is 16.0 Å². The van der Waals surface area contributed by atoms with Gasteiger partial charge >= 0.3 is 0 Å². The van der Waals surface area contributed by atoms with Crippen molar-refractivity contribution in [3.63, 3.8) is 0 Å². The number of nitrogens with one attached hydrogen (secondary N) is 4. The molecule has 4 rings (SSSR count). The average molecular weight is 563 g/mol. The number of amides is 1. The van der Waals surface area contributed by atoms with Gasteiger partial charge in [-0.2, -0.15) is 13.5 Å². The minimum Gasteiger partial charge on any atom is -0.363 e. The maximum Gasteiger partial charge on any atom is 0.287 e. The van der Waals surface area contributed by atoms with Gasteiger partial charge in [0.1, 0.15) is 11.6 Å². The maximum atomic E-state index is 15.2. The van der Waals surface area contributed by atoms with Crippen LogP contribution in [0.2, 0.25) is 0 Å². The molecule has 13 heteroatoms. The molecule has 0 spiro atoms. The molecule has 0 radical (unpaired) electrons. The zero-order chi connectivity index (χ0) is 28.3. The van der Waals surface area contributed by atoms with E-state index < -0.39 is 26.5 Å². The summed E-state index contributed by atoms with van der Waals surface area (Å²) < 4.78 is 51.7. The van der Waals surface area contributed by atoms with Gasteiger partial charge in [-0.15, -0.1) is 0 Å². The second-order valence-corrected chi connectivity index (χ2v) is 11.7. The largest absolute Gasteiger partial charge is 0.363 e. The van der Waals surface area contributed by atoms with Gasteiger partial charge in [0.15, 0.2) is 24.0 Å². The number of carbonyl (C=O) groups is 1. The SMILES string of the molecule is CC(Nc1nc(Nc2cc(C3CC3)[nH]n2)c(F)cc1CNC(=O)C[N@@+](C)(C(C)C)[SH](=O)=O)c1ccc(F)cc1. The summed E-state index contributed by atoms with van der Waals surface area (Å²) in [7, 11) is -1.44. The fourth-order valence-electron chi connectivity index (χ4n) is 4.01. The van der Waals surface area contributed by atoms with E-state index in [9.17, 15) is 17.6 Å². The standard InChI is InChI=1S/C26H33F2N7O3S/c1-15(2)35(4,39(37)38)14-24(36)29-13-19-11-21(28)26(31-23-12-22(33-34-23)18-5-6-18)32-25(19)30-16(3)17-7-9-20(27)10-8-17/h7-12,15-16,18,39H,5-6,13-14H2,1-4H3,(H3-,29,30,31,32,33,34,36)/p+1/t16?,35-/m0/s1. The molecule has 4 N–H and O–H groups in total. The van der Waals surface area contributed by atoms with Gasteiger partial charge in [0.25, 0.3) is 16.8 Å². The van der Waals surface area contributed by atoms with Crippen molar-refractivity contribution in [1.29, 1.82) is 0 Å². The number of quaternary nitrogens is 1. The van der Waals surface area contributed by atoms with Crippen molar-refractivity contribution in [2.75, 3.05) is 24.2 Å². The maximum absolute atomic E-state index is 15.2. The van der Waals surface area contributed by atoms with E-state index in [0.717, 1.165) is 24.1 Å². The van der Waals surface area contributed by atoms with Crippen LogP contribution in [0.3, 0.4) is 0 Å². The van der Waals surface area contributed by atoms with Crippen molar-refractivity contribution in [2.24, 2.45) is 0 Å². The predicted octanol–water partition coefficient (Wildman–Crippen LogP) is 3.87. The van der Waals surface area contributed by atoms with E-state index in [0.29, 0.717) is 23.1 Å². The number of aromatic amines is 1. The summed E-state index contributed by atoms with van der Waals surface area (Å²) in [6.45, 7) is 4.90. The third-order valence-electron chi connectivity index (χ3n) is 7.06. The molecule has 1 aromatic carbocycles. The Morgan fingerprint density at radius 3 is 2.44 bits per heavy atom. The molecule has 1 fully saturated rings. The topological polar surface area (TPSA) is 129 Å². The molecule has 1 unspecified atom stereocenters. The number of nitrogens with zero attached hydrogens (tertiary/aromatic N) is 3. The number of H-pyrrole nitrogens is 1. The number of anilines is 3. The van der Waals surface area contributed by atoms with E-state index in [1.807, 2.05) is 13.0 Å². The number of hydrogen-bond donors (Lipinski definition) is 5. The number of pyridine rings is 1. The second kappa shape index (κ2) is 11.7. The summed E-state index contributed by atoms with van der Waals surface area (Å²) in [5.74, 6) is -0.404. The number of carbonyl (C=O) groups excluding carboxylic acids is 1. The Bertz CT molecular complexity index is 1400. The molecule has 0 aliphatic heterocycles. The van der Waals surface area contributed by atoms with Crippen molar-refractivity contribution < 1.29 is 25.9 Å². The molecular weight excluding hydrogens is 528 g/mol. The van der Waals surface area contributed by atoms with Crippen molar-refractivity contribution in [2.45, 2.75) is 58.2 Å². The van der Waals surface area contributed by atoms with Gasteiger partial charge in [0, 0.05) is 35.8 Å². The van der Waals surface area contributed by atoms with Crippen LogP contribution in [-0.4, -0.2) is 53.0 Å². The quantitative estimate of drug-likeness (QED) is 0.167. The van der Waals surface area contributed by atoms with Crippen LogP contribution in [0, 0.1) is 11.6 Å². The third-order valence-corrected chi connectivity index (χ3v) is 8.41. The van der Waals surface area contributed by atoms with Crippen LogP contribution in [0.1, 0.15) is 62.4 Å². The van der Waals surface area contributed by atoms with Gasteiger partial charge in [0.05, 0.1) is 13.1 Å². The summed E-state index contributed by atoms with van der Waals surface area (Å²) >= 11 is 0. The molecule has 39 heavy (non-hydrogen) atoms. The first-order valence-electron chi connectivity index (χ1n) is 12.8.